The molecule has 1 saturated heterocycles. The van der Waals surface area contributed by atoms with Crippen molar-refractivity contribution >= 4 is 54.0 Å². The first kappa shape index (κ1) is 26.5. The first-order valence-electron chi connectivity index (χ1n) is 12.3. The summed E-state index contributed by atoms with van der Waals surface area (Å²) in [5, 5.41) is 14.8. The molecule has 202 valence electrons. The number of thiazole rings is 1. The number of amides is 1. The molecule has 0 saturated carbocycles. The van der Waals surface area contributed by atoms with E-state index < -0.39 is 14.9 Å². The van der Waals surface area contributed by atoms with Crippen molar-refractivity contribution in [3.05, 3.63) is 88.5 Å². The van der Waals surface area contributed by atoms with Gasteiger partial charge in [-0.1, -0.05) is 35.6 Å². The lowest BCUT2D eigenvalue weighted by Crippen LogP contribution is -2.48. The van der Waals surface area contributed by atoms with Crippen molar-refractivity contribution in [3.63, 3.8) is 0 Å². The Bertz CT molecular complexity index is 1600. The molecular formula is C26H26N6O5S2. The minimum atomic E-state index is -3.75. The molecule has 1 aliphatic rings. The average Bonchev–Trinajstić information content (AvgIpc) is 3.37. The van der Waals surface area contributed by atoms with Crippen LogP contribution in [0, 0.1) is 10.1 Å². The summed E-state index contributed by atoms with van der Waals surface area (Å²) in [4.78, 5) is 32.5. The summed E-state index contributed by atoms with van der Waals surface area (Å²) < 4.78 is 28.5. The van der Waals surface area contributed by atoms with Crippen LogP contribution >= 0.6 is 11.3 Å². The summed E-state index contributed by atoms with van der Waals surface area (Å²) in [6, 6.07) is 19.1. The van der Waals surface area contributed by atoms with Gasteiger partial charge in [-0.2, -0.15) is 0 Å². The van der Waals surface area contributed by atoms with E-state index in [1.54, 1.807) is 48.5 Å². The van der Waals surface area contributed by atoms with Gasteiger partial charge in [0, 0.05) is 62.7 Å². The van der Waals surface area contributed by atoms with Crippen molar-refractivity contribution in [1.82, 2.24) is 15.2 Å². The highest BCUT2D eigenvalue weighted by Crippen LogP contribution is 2.31. The molecule has 39 heavy (non-hydrogen) atoms. The van der Waals surface area contributed by atoms with Crippen molar-refractivity contribution in [2.24, 2.45) is 0 Å². The third kappa shape index (κ3) is 6.33. The highest BCUT2D eigenvalue weighted by Gasteiger charge is 2.21. The summed E-state index contributed by atoms with van der Waals surface area (Å²) in [5.74, 6) is -0.280. The van der Waals surface area contributed by atoms with Gasteiger partial charge in [-0.25, -0.2) is 13.4 Å². The molecule has 0 radical (unpaired) electrons. The molecule has 4 aromatic rings. The Morgan fingerprint density at radius 3 is 2.51 bits per heavy atom. The SMILES string of the molecule is O=C(NCCN1CCN(c2nc3ccc([N+](=O)[O-])cc3s2)CC1)c1cccc(NS(=O)(=O)c2ccccc2)c1. The number of carbonyl (C=O) groups is 1. The van der Waals surface area contributed by atoms with Crippen molar-refractivity contribution in [3.8, 4) is 0 Å². The molecule has 2 heterocycles. The largest absolute Gasteiger partial charge is 0.351 e. The number of fused-ring (bicyclic) bond motifs is 1. The van der Waals surface area contributed by atoms with Crippen LogP contribution in [-0.4, -0.2) is 68.4 Å². The van der Waals surface area contributed by atoms with E-state index in [1.165, 1.54) is 35.6 Å². The molecule has 1 amide bonds. The van der Waals surface area contributed by atoms with Gasteiger partial charge in [0.15, 0.2) is 5.13 Å². The number of hydrogen-bond donors (Lipinski definition) is 2. The van der Waals surface area contributed by atoms with Crippen molar-refractivity contribution in [1.29, 1.82) is 0 Å². The van der Waals surface area contributed by atoms with E-state index in [9.17, 15) is 23.3 Å². The molecule has 0 aliphatic carbocycles. The van der Waals surface area contributed by atoms with Gasteiger partial charge < -0.3 is 10.2 Å². The summed E-state index contributed by atoms with van der Waals surface area (Å²) >= 11 is 1.45. The van der Waals surface area contributed by atoms with Gasteiger partial charge in [0.25, 0.3) is 21.6 Å². The summed E-state index contributed by atoms with van der Waals surface area (Å²) in [6.45, 7) is 4.24. The first-order valence-corrected chi connectivity index (χ1v) is 14.6. The minimum Gasteiger partial charge on any atom is -0.351 e. The zero-order valence-electron chi connectivity index (χ0n) is 20.8. The number of sulfonamides is 1. The second kappa shape index (κ2) is 11.4. The monoisotopic (exact) mass is 566 g/mol. The second-order valence-electron chi connectivity index (χ2n) is 8.99. The Balaban J connectivity index is 1.10. The first-order chi connectivity index (χ1) is 18.8. The predicted molar refractivity (Wildman–Crippen MR) is 151 cm³/mol. The van der Waals surface area contributed by atoms with Crippen LogP contribution in [0.15, 0.2) is 77.7 Å². The molecule has 1 aromatic heterocycles. The molecule has 0 bridgehead atoms. The minimum absolute atomic E-state index is 0.0600. The molecule has 11 nitrogen and oxygen atoms in total. The maximum Gasteiger partial charge on any atom is 0.270 e. The van der Waals surface area contributed by atoms with Crippen molar-refractivity contribution in [2.75, 3.05) is 48.9 Å². The van der Waals surface area contributed by atoms with Crippen molar-refractivity contribution in [2.45, 2.75) is 4.90 Å². The molecule has 3 aromatic carbocycles. The Morgan fingerprint density at radius 2 is 1.77 bits per heavy atom. The highest BCUT2D eigenvalue weighted by atomic mass is 32.2. The fourth-order valence-corrected chi connectivity index (χ4v) is 6.40. The molecule has 2 N–H and O–H groups in total. The standard InChI is InChI=1S/C26H26N6O5S2/c33-25(19-5-4-6-20(17-19)29-39(36,37)22-7-2-1-3-8-22)27-11-12-30-13-15-31(16-14-30)26-28-23-10-9-21(32(34)35)18-24(23)38-26/h1-10,17-18,29H,11-16H2,(H,27,33). The average molecular weight is 567 g/mol. The number of nitro benzene ring substituents is 1. The third-order valence-corrected chi connectivity index (χ3v) is 8.83. The lowest BCUT2D eigenvalue weighted by molar-refractivity contribution is -0.384. The van der Waals surface area contributed by atoms with Gasteiger partial charge in [0.1, 0.15) is 0 Å². The molecule has 5 rings (SSSR count). The van der Waals surface area contributed by atoms with E-state index in [2.05, 4.69) is 24.8 Å². The van der Waals surface area contributed by atoms with Gasteiger partial charge >= 0.3 is 0 Å². The third-order valence-electron chi connectivity index (χ3n) is 6.36. The number of carbonyl (C=O) groups excluding carboxylic acids is 1. The van der Waals surface area contributed by atoms with Crippen molar-refractivity contribution < 1.29 is 18.1 Å². The van der Waals surface area contributed by atoms with Gasteiger partial charge in [0.05, 0.1) is 20.0 Å². The number of piperazine rings is 1. The lowest BCUT2D eigenvalue weighted by atomic mass is 10.2. The number of nitrogens with one attached hydrogen (secondary N) is 2. The Hall–Kier alpha value is -4.07. The van der Waals surface area contributed by atoms with E-state index >= 15 is 0 Å². The number of anilines is 2. The quantitative estimate of drug-likeness (QED) is 0.232. The zero-order valence-corrected chi connectivity index (χ0v) is 22.5. The van der Waals surface area contributed by atoms with E-state index in [0.717, 1.165) is 41.5 Å². The van der Waals surface area contributed by atoms with Gasteiger partial charge in [-0.15, -0.1) is 0 Å². The number of aromatic nitrogens is 1. The van der Waals surface area contributed by atoms with E-state index in [4.69, 9.17) is 0 Å². The lowest BCUT2D eigenvalue weighted by Gasteiger charge is -2.34. The van der Waals surface area contributed by atoms with Gasteiger partial charge in [-0.3, -0.25) is 24.5 Å². The van der Waals surface area contributed by atoms with Crippen LogP contribution in [0.2, 0.25) is 0 Å². The number of rotatable bonds is 9. The van der Waals surface area contributed by atoms with Crippen LogP contribution in [0.1, 0.15) is 10.4 Å². The number of nitrogens with zero attached hydrogens (tertiary/aromatic N) is 4. The fraction of sp³-hybridized carbons (Fsp3) is 0.231. The van der Waals surface area contributed by atoms with Gasteiger partial charge in [-0.05, 0) is 36.4 Å². The summed E-state index contributed by atoms with van der Waals surface area (Å²) in [5.41, 5.74) is 1.49. The van der Waals surface area contributed by atoms with Crippen LogP contribution in [0.5, 0.6) is 0 Å². The number of hydrogen-bond acceptors (Lipinski definition) is 9. The fourth-order valence-electron chi connectivity index (χ4n) is 4.28. The zero-order chi connectivity index (χ0) is 27.4. The van der Waals surface area contributed by atoms with Crippen LogP contribution in [0.25, 0.3) is 10.2 Å². The molecule has 1 fully saturated rings. The normalized spacial score (nSPS) is 14.3. The Kier molecular flexibility index (Phi) is 7.72. The van der Waals surface area contributed by atoms with Crippen LogP contribution < -0.4 is 14.9 Å². The molecule has 0 atom stereocenters. The van der Waals surface area contributed by atoms with Gasteiger partial charge in [0.2, 0.25) is 0 Å². The van der Waals surface area contributed by atoms with Crippen LogP contribution in [0.3, 0.4) is 0 Å². The maximum absolute atomic E-state index is 12.7. The van der Waals surface area contributed by atoms with E-state index in [0.29, 0.717) is 24.3 Å². The topological polar surface area (TPSA) is 138 Å². The Labute approximate surface area is 229 Å². The molecule has 0 unspecified atom stereocenters. The Morgan fingerprint density at radius 1 is 1.00 bits per heavy atom. The molecule has 1 aliphatic heterocycles. The van der Waals surface area contributed by atoms with E-state index in [1.807, 2.05) is 0 Å². The maximum atomic E-state index is 12.7. The van der Waals surface area contributed by atoms with Crippen LogP contribution in [0.4, 0.5) is 16.5 Å². The number of non-ortho nitro benzene ring substituents is 1. The molecular weight excluding hydrogens is 540 g/mol. The molecule has 0 spiro atoms. The smallest absolute Gasteiger partial charge is 0.270 e. The summed E-state index contributed by atoms with van der Waals surface area (Å²) in [6.07, 6.45) is 0. The summed E-state index contributed by atoms with van der Waals surface area (Å²) in [7, 11) is -3.75. The van der Waals surface area contributed by atoms with Crippen LogP contribution in [-0.2, 0) is 10.0 Å². The molecule has 13 heteroatoms. The highest BCUT2D eigenvalue weighted by molar-refractivity contribution is 7.92. The number of benzene rings is 3. The number of nitro groups is 1. The van der Waals surface area contributed by atoms with E-state index in [-0.39, 0.29) is 16.5 Å². The second-order valence-corrected chi connectivity index (χ2v) is 11.7. The predicted octanol–water partition coefficient (Wildman–Crippen LogP) is 3.56.